The van der Waals surface area contributed by atoms with Crippen LogP contribution in [0.4, 0.5) is 0 Å². The highest BCUT2D eigenvalue weighted by Crippen LogP contribution is 2.25. The second kappa shape index (κ2) is 6.45. The molecule has 1 rings (SSSR count). The van der Waals surface area contributed by atoms with Crippen molar-refractivity contribution in [2.24, 2.45) is 11.3 Å². The molecule has 0 saturated carbocycles. The lowest BCUT2D eigenvalue weighted by Crippen LogP contribution is -2.48. The molecule has 1 heterocycles. The van der Waals surface area contributed by atoms with E-state index in [9.17, 15) is 4.79 Å². The van der Waals surface area contributed by atoms with Crippen LogP contribution in [0.25, 0.3) is 0 Å². The molecule has 1 saturated heterocycles. The molecule has 1 fully saturated rings. The van der Waals surface area contributed by atoms with Gasteiger partial charge in [0.2, 0.25) is 5.91 Å². The highest BCUT2D eigenvalue weighted by Gasteiger charge is 2.28. The molecule has 2 atom stereocenters. The molecule has 0 bridgehead atoms. The number of halogens is 1. The maximum Gasteiger partial charge on any atom is 0.223 e. The molecule has 0 aromatic rings. The molecule has 0 aromatic heterocycles. The van der Waals surface area contributed by atoms with Crippen LogP contribution in [0, 0.1) is 11.3 Å². The summed E-state index contributed by atoms with van der Waals surface area (Å²) in [4.78, 5) is 11.9. The van der Waals surface area contributed by atoms with Crippen molar-refractivity contribution < 1.29 is 4.79 Å². The summed E-state index contributed by atoms with van der Waals surface area (Å²) in [6.07, 6.45) is 2.27. The Morgan fingerprint density at radius 3 is 2.50 bits per heavy atom. The van der Waals surface area contributed by atoms with Crippen LogP contribution in [0.2, 0.25) is 0 Å². The largest absolute Gasteiger partial charge is 0.352 e. The lowest BCUT2D eigenvalue weighted by Gasteiger charge is -2.30. The van der Waals surface area contributed by atoms with Crippen LogP contribution in [0.5, 0.6) is 0 Å². The van der Waals surface area contributed by atoms with E-state index >= 15 is 0 Å². The Labute approximate surface area is 105 Å². The average molecular weight is 249 g/mol. The van der Waals surface area contributed by atoms with E-state index in [2.05, 4.69) is 31.4 Å². The number of piperidine rings is 1. The fourth-order valence-corrected chi connectivity index (χ4v) is 1.69. The first-order valence-electron chi connectivity index (χ1n) is 5.92. The molecular weight excluding hydrogens is 224 g/mol. The van der Waals surface area contributed by atoms with Gasteiger partial charge in [-0.1, -0.05) is 27.7 Å². The van der Waals surface area contributed by atoms with E-state index in [1.165, 1.54) is 0 Å². The normalized spacial score (nSPS) is 23.1. The lowest BCUT2D eigenvalue weighted by molar-refractivity contribution is -0.128. The fourth-order valence-electron chi connectivity index (χ4n) is 1.69. The summed E-state index contributed by atoms with van der Waals surface area (Å²) in [6.45, 7) is 10.3. The van der Waals surface area contributed by atoms with Crippen LogP contribution in [0.15, 0.2) is 0 Å². The molecule has 0 aromatic carbocycles. The number of carbonyl (C=O) groups excluding carboxylic acids is 1. The van der Waals surface area contributed by atoms with Gasteiger partial charge in [0.25, 0.3) is 0 Å². The molecule has 1 aliphatic rings. The fraction of sp³-hybridized carbons (Fsp3) is 0.917. The predicted molar refractivity (Wildman–Crippen MR) is 69.9 cm³/mol. The third kappa shape index (κ3) is 4.71. The molecule has 2 N–H and O–H groups in total. The monoisotopic (exact) mass is 248 g/mol. The van der Waals surface area contributed by atoms with Gasteiger partial charge >= 0.3 is 0 Å². The number of amides is 1. The summed E-state index contributed by atoms with van der Waals surface area (Å²) in [5.41, 5.74) is 0.0478. The maximum atomic E-state index is 11.9. The van der Waals surface area contributed by atoms with Crippen LogP contribution < -0.4 is 10.6 Å². The number of rotatable bonds is 2. The summed E-state index contributed by atoms with van der Waals surface area (Å²) in [5.74, 6) is 0.260. The molecular formula is C12H25ClN2O. The summed E-state index contributed by atoms with van der Waals surface area (Å²) in [7, 11) is 0. The van der Waals surface area contributed by atoms with Crippen molar-refractivity contribution in [2.45, 2.75) is 46.6 Å². The van der Waals surface area contributed by atoms with Crippen molar-refractivity contribution in [3.63, 3.8) is 0 Å². The Bertz CT molecular complexity index is 220. The number of nitrogens with one attached hydrogen (secondary N) is 2. The van der Waals surface area contributed by atoms with Gasteiger partial charge in [0.15, 0.2) is 0 Å². The van der Waals surface area contributed by atoms with Gasteiger partial charge in [-0.15, -0.1) is 12.4 Å². The molecule has 2 unspecified atom stereocenters. The minimum Gasteiger partial charge on any atom is -0.352 e. The van der Waals surface area contributed by atoms with Crippen molar-refractivity contribution in [3.8, 4) is 0 Å². The average Bonchev–Trinajstić information content (AvgIpc) is 2.16. The molecule has 96 valence electrons. The Morgan fingerprint density at radius 1 is 1.44 bits per heavy atom. The highest BCUT2D eigenvalue weighted by molar-refractivity contribution is 5.85. The summed E-state index contributed by atoms with van der Waals surface area (Å²) in [6, 6.07) is 0.330. The third-order valence-electron chi connectivity index (χ3n) is 3.34. The van der Waals surface area contributed by atoms with Gasteiger partial charge in [-0.3, -0.25) is 4.79 Å². The van der Waals surface area contributed by atoms with Gasteiger partial charge in [-0.05, 0) is 24.8 Å². The van der Waals surface area contributed by atoms with Crippen molar-refractivity contribution in [1.29, 1.82) is 0 Å². The molecule has 3 nitrogen and oxygen atoms in total. The Balaban J connectivity index is 0.00000225. The van der Waals surface area contributed by atoms with E-state index in [-0.39, 0.29) is 29.6 Å². The van der Waals surface area contributed by atoms with Gasteiger partial charge in [0, 0.05) is 18.5 Å². The molecule has 16 heavy (non-hydrogen) atoms. The smallest absolute Gasteiger partial charge is 0.223 e. The van der Waals surface area contributed by atoms with Crippen LogP contribution in [0.3, 0.4) is 0 Å². The van der Waals surface area contributed by atoms with Gasteiger partial charge in [-0.2, -0.15) is 0 Å². The Kier molecular flexibility index (Phi) is 6.34. The van der Waals surface area contributed by atoms with E-state index in [0.717, 1.165) is 25.9 Å². The van der Waals surface area contributed by atoms with Gasteiger partial charge in [-0.25, -0.2) is 0 Å². The van der Waals surface area contributed by atoms with Gasteiger partial charge < -0.3 is 10.6 Å². The van der Waals surface area contributed by atoms with Crippen LogP contribution in [-0.4, -0.2) is 25.0 Å². The van der Waals surface area contributed by atoms with Crippen molar-refractivity contribution >= 4 is 18.3 Å². The number of hydrogen-bond donors (Lipinski definition) is 2. The van der Waals surface area contributed by atoms with E-state index in [0.29, 0.717) is 6.04 Å². The van der Waals surface area contributed by atoms with E-state index in [4.69, 9.17) is 0 Å². The van der Waals surface area contributed by atoms with Gasteiger partial charge in [0.05, 0.1) is 0 Å². The van der Waals surface area contributed by atoms with Crippen molar-refractivity contribution in [2.75, 3.05) is 13.1 Å². The van der Waals surface area contributed by atoms with Crippen LogP contribution in [-0.2, 0) is 4.79 Å². The van der Waals surface area contributed by atoms with Crippen molar-refractivity contribution in [3.05, 3.63) is 0 Å². The first-order chi connectivity index (χ1) is 6.91. The summed E-state index contributed by atoms with van der Waals surface area (Å²) < 4.78 is 0. The number of carbonyl (C=O) groups is 1. The Hall–Kier alpha value is -0.280. The van der Waals surface area contributed by atoms with E-state index in [1.807, 2.05) is 6.92 Å². The zero-order chi connectivity index (χ0) is 11.5. The first kappa shape index (κ1) is 15.7. The topological polar surface area (TPSA) is 41.1 Å². The third-order valence-corrected chi connectivity index (χ3v) is 3.34. The van der Waals surface area contributed by atoms with E-state index < -0.39 is 0 Å². The SMILES string of the molecule is CC(C(=O)NC1CCCNC1)C(C)(C)C.Cl. The minimum absolute atomic E-state index is 0. The maximum absolute atomic E-state index is 11.9. The highest BCUT2D eigenvalue weighted by atomic mass is 35.5. The lowest BCUT2D eigenvalue weighted by atomic mass is 9.81. The molecule has 4 heteroatoms. The van der Waals surface area contributed by atoms with Crippen LogP contribution in [0.1, 0.15) is 40.5 Å². The summed E-state index contributed by atoms with van der Waals surface area (Å²) in [5, 5.41) is 6.43. The zero-order valence-electron chi connectivity index (χ0n) is 10.8. The standard InChI is InChI=1S/C12H24N2O.ClH/c1-9(12(2,3)4)11(15)14-10-6-5-7-13-8-10;/h9-10,13H,5-8H2,1-4H3,(H,14,15);1H. The second-order valence-corrected chi connectivity index (χ2v) is 5.64. The molecule has 0 spiro atoms. The van der Waals surface area contributed by atoms with Gasteiger partial charge in [0.1, 0.15) is 0 Å². The second-order valence-electron chi connectivity index (χ2n) is 5.64. The molecule has 0 radical (unpaired) electrons. The Morgan fingerprint density at radius 2 is 2.06 bits per heavy atom. The number of hydrogen-bond acceptors (Lipinski definition) is 2. The molecule has 1 aliphatic heterocycles. The molecule has 0 aliphatic carbocycles. The quantitative estimate of drug-likeness (QED) is 0.785. The van der Waals surface area contributed by atoms with Crippen LogP contribution >= 0.6 is 12.4 Å². The van der Waals surface area contributed by atoms with E-state index in [1.54, 1.807) is 0 Å². The minimum atomic E-state index is 0. The predicted octanol–water partition coefficient (Wildman–Crippen LogP) is 1.96. The molecule has 1 amide bonds. The van der Waals surface area contributed by atoms with Crippen molar-refractivity contribution in [1.82, 2.24) is 10.6 Å². The summed E-state index contributed by atoms with van der Waals surface area (Å²) >= 11 is 0. The first-order valence-corrected chi connectivity index (χ1v) is 5.92. The zero-order valence-corrected chi connectivity index (χ0v) is 11.6.